The molecule has 0 unspecified atom stereocenters. The number of carbonyl (C=O) groups is 1. The largest absolute Gasteiger partial charge is 0.351 e. The molecule has 0 aliphatic carbocycles. The number of nitrogens with zero attached hydrogens (tertiary/aromatic N) is 2. The second-order valence-corrected chi connectivity index (χ2v) is 4.25. The van der Waals surface area contributed by atoms with E-state index in [0.29, 0.717) is 18.1 Å². The maximum Gasteiger partial charge on any atom is 0.270 e. The van der Waals surface area contributed by atoms with Crippen molar-refractivity contribution in [1.29, 1.82) is 0 Å². The van der Waals surface area contributed by atoms with Crippen LogP contribution in [0.1, 0.15) is 36.1 Å². The third-order valence-corrected chi connectivity index (χ3v) is 2.75. The second kappa shape index (κ2) is 5.58. The van der Waals surface area contributed by atoms with Crippen LogP contribution in [0.5, 0.6) is 0 Å². The summed E-state index contributed by atoms with van der Waals surface area (Å²) in [5.41, 5.74) is 1.28. The van der Waals surface area contributed by atoms with Gasteiger partial charge in [0.25, 0.3) is 5.91 Å². The van der Waals surface area contributed by atoms with E-state index >= 15 is 0 Å². The average molecular weight is 243 g/mol. The number of nitrogens with one attached hydrogen (secondary N) is 1. The minimum Gasteiger partial charge on any atom is -0.351 e. The van der Waals surface area contributed by atoms with E-state index in [1.165, 1.54) is 0 Å². The Labute approximate surface area is 106 Å². The summed E-state index contributed by atoms with van der Waals surface area (Å²) in [6.45, 7) is 4.58. The molecule has 0 atom stereocenters. The lowest BCUT2D eigenvalue weighted by Gasteiger charge is -2.07. The molecule has 1 aromatic heterocycles. The molecule has 1 N–H and O–H groups in total. The molecule has 0 aliphatic heterocycles. The molecule has 0 radical (unpaired) electrons. The fourth-order valence-electron chi connectivity index (χ4n) is 1.83. The Morgan fingerprint density at radius 1 is 1.28 bits per heavy atom. The van der Waals surface area contributed by atoms with Gasteiger partial charge in [-0.05, 0) is 19.4 Å². The number of rotatable bonds is 4. The summed E-state index contributed by atoms with van der Waals surface area (Å²) in [5, 5.41) is 3.69. The van der Waals surface area contributed by atoms with Crippen LogP contribution in [-0.2, 0) is 0 Å². The summed E-state index contributed by atoms with van der Waals surface area (Å²) in [6.07, 6.45) is 2.04. The molecule has 4 heteroatoms. The summed E-state index contributed by atoms with van der Waals surface area (Å²) in [6, 6.07) is 7.58. The van der Waals surface area contributed by atoms with E-state index in [2.05, 4.69) is 22.2 Å². The molecule has 0 saturated carbocycles. The van der Waals surface area contributed by atoms with Crippen LogP contribution in [0.15, 0.2) is 24.3 Å². The number of para-hydroxylation sites is 1. The van der Waals surface area contributed by atoms with Gasteiger partial charge in [0.05, 0.1) is 5.52 Å². The van der Waals surface area contributed by atoms with Crippen LogP contribution in [0.3, 0.4) is 0 Å². The summed E-state index contributed by atoms with van der Waals surface area (Å²) in [4.78, 5) is 20.7. The molecule has 18 heavy (non-hydrogen) atoms. The van der Waals surface area contributed by atoms with Gasteiger partial charge in [0.1, 0.15) is 11.5 Å². The standard InChI is InChI=1S/C14H17N3O/c1-3-4-9-15-14(18)13-11-7-5-6-8-12(11)16-10(2)17-13/h5-8H,3-4,9H2,1-2H3,(H,15,18). The van der Waals surface area contributed by atoms with Gasteiger partial charge in [0.2, 0.25) is 0 Å². The lowest BCUT2D eigenvalue weighted by Crippen LogP contribution is -2.26. The van der Waals surface area contributed by atoms with Crippen molar-refractivity contribution in [3.63, 3.8) is 0 Å². The van der Waals surface area contributed by atoms with Crippen molar-refractivity contribution in [2.75, 3.05) is 6.54 Å². The van der Waals surface area contributed by atoms with E-state index in [1.807, 2.05) is 24.3 Å². The highest BCUT2D eigenvalue weighted by molar-refractivity contribution is 6.04. The van der Waals surface area contributed by atoms with Gasteiger partial charge in [-0.25, -0.2) is 9.97 Å². The number of carbonyl (C=O) groups excluding carboxylic acids is 1. The number of benzene rings is 1. The minimum absolute atomic E-state index is 0.120. The lowest BCUT2D eigenvalue weighted by atomic mass is 10.1. The predicted octanol–water partition coefficient (Wildman–Crippen LogP) is 2.47. The van der Waals surface area contributed by atoms with Crippen molar-refractivity contribution >= 4 is 16.8 Å². The van der Waals surface area contributed by atoms with Gasteiger partial charge in [0, 0.05) is 11.9 Å². The second-order valence-electron chi connectivity index (χ2n) is 4.25. The van der Waals surface area contributed by atoms with E-state index < -0.39 is 0 Å². The number of hydrogen-bond acceptors (Lipinski definition) is 3. The van der Waals surface area contributed by atoms with Crippen LogP contribution in [0, 0.1) is 6.92 Å². The molecule has 0 bridgehead atoms. The number of aryl methyl sites for hydroxylation is 1. The Kier molecular flexibility index (Phi) is 3.87. The van der Waals surface area contributed by atoms with E-state index in [4.69, 9.17) is 0 Å². The van der Waals surface area contributed by atoms with Gasteiger partial charge in [0.15, 0.2) is 0 Å². The van der Waals surface area contributed by atoms with Crippen molar-refractivity contribution in [3.05, 3.63) is 35.8 Å². The lowest BCUT2D eigenvalue weighted by molar-refractivity contribution is 0.0949. The summed E-state index contributed by atoms with van der Waals surface area (Å²) in [7, 11) is 0. The predicted molar refractivity (Wildman–Crippen MR) is 71.5 cm³/mol. The first-order chi connectivity index (χ1) is 8.72. The number of hydrogen-bond donors (Lipinski definition) is 1. The molecule has 0 spiro atoms. The minimum atomic E-state index is -0.120. The van der Waals surface area contributed by atoms with Gasteiger partial charge in [-0.15, -0.1) is 0 Å². The number of aromatic nitrogens is 2. The van der Waals surface area contributed by atoms with Crippen molar-refractivity contribution in [1.82, 2.24) is 15.3 Å². The van der Waals surface area contributed by atoms with Gasteiger partial charge in [-0.1, -0.05) is 31.5 Å². The maximum atomic E-state index is 12.1. The fraction of sp³-hybridized carbons (Fsp3) is 0.357. The topological polar surface area (TPSA) is 54.9 Å². The molecule has 4 nitrogen and oxygen atoms in total. The first-order valence-electron chi connectivity index (χ1n) is 6.24. The van der Waals surface area contributed by atoms with Crippen LogP contribution in [0.2, 0.25) is 0 Å². The highest BCUT2D eigenvalue weighted by Gasteiger charge is 2.12. The number of unbranched alkanes of at least 4 members (excludes halogenated alkanes) is 1. The molecule has 1 aromatic carbocycles. The first kappa shape index (κ1) is 12.5. The molecule has 2 aromatic rings. The van der Waals surface area contributed by atoms with Crippen molar-refractivity contribution in [2.45, 2.75) is 26.7 Å². The van der Waals surface area contributed by atoms with Gasteiger partial charge in [-0.3, -0.25) is 4.79 Å². The third kappa shape index (κ3) is 2.64. The average Bonchev–Trinajstić information content (AvgIpc) is 2.38. The van der Waals surface area contributed by atoms with Gasteiger partial charge < -0.3 is 5.32 Å². The van der Waals surface area contributed by atoms with Crippen LogP contribution in [0.4, 0.5) is 0 Å². The Bertz CT molecular complexity index is 566. The first-order valence-corrected chi connectivity index (χ1v) is 6.24. The van der Waals surface area contributed by atoms with Crippen molar-refractivity contribution < 1.29 is 4.79 Å². The summed E-state index contributed by atoms with van der Waals surface area (Å²) in [5.74, 6) is 0.500. The monoisotopic (exact) mass is 243 g/mol. The van der Waals surface area contributed by atoms with Crippen molar-refractivity contribution in [2.24, 2.45) is 0 Å². The Balaban J connectivity index is 2.34. The Morgan fingerprint density at radius 3 is 2.83 bits per heavy atom. The van der Waals surface area contributed by atoms with Crippen LogP contribution in [0.25, 0.3) is 10.9 Å². The molecule has 1 heterocycles. The smallest absolute Gasteiger partial charge is 0.270 e. The molecular formula is C14H17N3O. The Hall–Kier alpha value is -1.97. The summed E-state index contributed by atoms with van der Waals surface area (Å²) < 4.78 is 0. The number of amides is 1. The molecule has 0 fully saturated rings. The van der Waals surface area contributed by atoms with E-state index in [9.17, 15) is 4.79 Å². The summed E-state index contributed by atoms with van der Waals surface area (Å²) >= 11 is 0. The molecule has 94 valence electrons. The number of fused-ring (bicyclic) bond motifs is 1. The van der Waals surface area contributed by atoms with E-state index in [1.54, 1.807) is 6.92 Å². The normalized spacial score (nSPS) is 10.6. The third-order valence-electron chi connectivity index (χ3n) is 2.75. The molecule has 0 saturated heterocycles. The van der Waals surface area contributed by atoms with E-state index in [-0.39, 0.29) is 5.91 Å². The molecule has 1 amide bonds. The van der Waals surface area contributed by atoms with Crippen LogP contribution >= 0.6 is 0 Å². The van der Waals surface area contributed by atoms with Crippen molar-refractivity contribution in [3.8, 4) is 0 Å². The SMILES string of the molecule is CCCCNC(=O)c1nc(C)nc2ccccc12. The van der Waals surface area contributed by atoms with E-state index in [0.717, 1.165) is 23.7 Å². The zero-order chi connectivity index (χ0) is 13.0. The quantitative estimate of drug-likeness (QED) is 0.839. The van der Waals surface area contributed by atoms with Gasteiger partial charge >= 0.3 is 0 Å². The van der Waals surface area contributed by atoms with Crippen LogP contribution in [-0.4, -0.2) is 22.4 Å². The van der Waals surface area contributed by atoms with Gasteiger partial charge in [-0.2, -0.15) is 0 Å². The zero-order valence-corrected chi connectivity index (χ0v) is 10.7. The molecule has 0 aliphatic rings. The molecule has 2 rings (SSSR count). The highest BCUT2D eigenvalue weighted by Crippen LogP contribution is 2.15. The van der Waals surface area contributed by atoms with Crippen LogP contribution < -0.4 is 5.32 Å². The molecular weight excluding hydrogens is 226 g/mol. The Morgan fingerprint density at radius 2 is 2.06 bits per heavy atom. The zero-order valence-electron chi connectivity index (χ0n) is 10.7. The highest BCUT2D eigenvalue weighted by atomic mass is 16.1. The fourth-order valence-corrected chi connectivity index (χ4v) is 1.83. The maximum absolute atomic E-state index is 12.1.